The highest BCUT2D eigenvalue weighted by atomic mass is 14.2. The van der Waals surface area contributed by atoms with E-state index in [4.69, 9.17) is 0 Å². The third kappa shape index (κ3) is 1.17. The van der Waals surface area contributed by atoms with Gasteiger partial charge in [0.2, 0.25) is 0 Å². The molecule has 0 saturated carbocycles. The van der Waals surface area contributed by atoms with Crippen molar-refractivity contribution in [3.63, 3.8) is 0 Å². The highest BCUT2D eigenvalue weighted by Gasteiger charge is 2.19. The summed E-state index contributed by atoms with van der Waals surface area (Å²) in [5, 5.41) is 0. The van der Waals surface area contributed by atoms with Crippen LogP contribution in [0.15, 0.2) is 11.6 Å². The molecule has 1 rings (SSSR count). The van der Waals surface area contributed by atoms with Crippen LogP contribution >= 0.6 is 0 Å². The van der Waals surface area contributed by atoms with Gasteiger partial charge in [0.15, 0.2) is 0 Å². The maximum atomic E-state index is 2.41. The Balaban J connectivity index is 2.55. The van der Waals surface area contributed by atoms with E-state index in [-0.39, 0.29) is 0 Å². The van der Waals surface area contributed by atoms with Gasteiger partial charge in [0.1, 0.15) is 0 Å². The highest BCUT2D eigenvalue weighted by Crippen LogP contribution is 2.32. The van der Waals surface area contributed by atoms with Crippen LogP contribution < -0.4 is 0 Å². The van der Waals surface area contributed by atoms with E-state index in [0.29, 0.717) is 0 Å². The van der Waals surface area contributed by atoms with E-state index in [1.54, 1.807) is 5.57 Å². The molecule has 0 aliphatic heterocycles. The lowest BCUT2D eigenvalue weighted by Crippen LogP contribution is -2.01. The molecule has 0 radical (unpaired) electrons. The molecule has 0 heteroatoms. The van der Waals surface area contributed by atoms with Gasteiger partial charge in [-0.15, -0.1) is 0 Å². The smallest absolute Gasteiger partial charge is 0.0203 e. The summed E-state index contributed by atoms with van der Waals surface area (Å²) in [5.74, 6) is 1.76. The second-order valence-corrected chi connectivity index (χ2v) is 3.13. The summed E-state index contributed by atoms with van der Waals surface area (Å²) in [5.41, 5.74) is 1.67. The van der Waals surface area contributed by atoms with Gasteiger partial charge in [-0.2, -0.15) is 0 Å². The molecule has 0 aromatic carbocycles. The summed E-state index contributed by atoms with van der Waals surface area (Å²) in [6, 6.07) is 0. The first-order chi connectivity index (χ1) is 4.25. The van der Waals surface area contributed by atoms with Gasteiger partial charge >= 0.3 is 0 Å². The van der Waals surface area contributed by atoms with Gasteiger partial charge in [-0.05, 0) is 24.7 Å². The molecule has 0 spiro atoms. The van der Waals surface area contributed by atoms with Crippen LogP contribution in [0.1, 0.15) is 33.6 Å². The van der Waals surface area contributed by atoms with E-state index in [0.717, 1.165) is 11.8 Å². The maximum absolute atomic E-state index is 2.41. The SMILES string of the molecule is CCC1=CCC(C)C1C. The molecule has 0 bridgehead atoms. The molecular weight excluding hydrogens is 108 g/mol. The number of rotatable bonds is 1. The third-order valence-corrected chi connectivity index (χ3v) is 2.60. The Hall–Kier alpha value is -0.260. The molecule has 0 nitrogen and oxygen atoms in total. The predicted molar refractivity (Wildman–Crippen MR) is 41.3 cm³/mol. The van der Waals surface area contributed by atoms with Crippen molar-refractivity contribution in [3.8, 4) is 0 Å². The molecule has 0 aromatic rings. The second kappa shape index (κ2) is 2.55. The van der Waals surface area contributed by atoms with E-state index in [9.17, 15) is 0 Å². The standard InChI is InChI=1S/C9H16/c1-4-9-6-5-7(2)8(9)3/h6-8H,4-5H2,1-3H3. The normalized spacial score (nSPS) is 34.8. The van der Waals surface area contributed by atoms with Crippen molar-refractivity contribution in [1.82, 2.24) is 0 Å². The Bertz CT molecular complexity index is 122. The highest BCUT2D eigenvalue weighted by molar-refractivity contribution is 5.12. The summed E-state index contributed by atoms with van der Waals surface area (Å²) in [6.45, 7) is 6.93. The number of allylic oxidation sites excluding steroid dienone is 2. The minimum atomic E-state index is 0.856. The molecule has 0 aromatic heterocycles. The lowest BCUT2D eigenvalue weighted by Gasteiger charge is -2.11. The van der Waals surface area contributed by atoms with Crippen LogP contribution in [0.25, 0.3) is 0 Å². The lowest BCUT2D eigenvalue weighted by atomic mass is 9.94. The molecule has 0 saturated heterocycles. The fourth-order valence-electron chi connectivity index (χ4n) is 1.56. The molecule has 1 aliphatic carbocycles. The summed E-state index contributed by atoms with van der Waals surface area (Å²) < 4.78 is 0. The van der Waals surface area contributed by atoms with Crippen molar-refractivity contribution in [2.75, 3.05) is 0 Å². The quantitative estimate of drug-likeness (QED) is 0.471. The topological polar surface area (TPSA) is 0 Å². The van der Waals surface area contributed by atoms with Gasteiger partial charge in [0.25, 0.3) is 0 Å². The molecule has 0 N–H and O–H groups in total. The zero-order valence-electron chi connectivity index (χ0n) is 6.65. The first-order valence-electron chi connectivity index (χ1n) is 3.94. The minimum absolute atomic E-state index is 0.856. The second-order valence-electron chi connectivity index (χ2n) is 3.13. The maximum Gasteiger partial charge on any atom is -0.0203 e. The van der Waals surface area contributed by atoms with Gasteiger partial charge in [-0.25, -0.2) is 0 Å². The number of hydrogen-bond acceptors (Lipinski definition) is 0. The first kappa shape index (κ1) is 6.85. The summed E-state index contributed by atoms with van der Waals surface area (Å²) in [4.78, 5) is 0. The van der Waals surface area contributed by atoms with Crippen LogP contribution in [0.3, 0.4) is 0 Å². The molecule has 9 heavy (non-hydrogen) atoms. The lowest BCUT2D eigenvalue weighted by molar-refractivity contribution is 0.475. The fourth-order valence-corrected chi connectivity index (χ4v) is 1.56. The minimum Gasteiger partial charge on any atom is -0.0848 e. The van der Waals surface area contributed by atoms with Crippen molar-refractivity contribution in [3.05, 3.63) is 11.6 Å². The Morgan fingerprint density at radius 2 is 2.22 bits per heavy atom. The zero-order chi connectivity index (χ0) is 6.85. The van der Waals surface area contributed by atoms with Gasteiger partial charge in [-0.3, -0.25) is 0 Å². The van der Waals surface area contributed by atoms with Gasteiger partial charge < -0.3 is 0 Å². The van der Waals surface area contributed by atoms with Gasteiger partial charge in [0.05, 0.1) is 0 Å². The van der Waals surface area contributed by atoms with Crippen LogP contribution in [0.2, 0.25) is 0 Å². The Morgan fingerprint density at radius 3 is 2.44 bits per heavy atom. The van der Waals surface area contributed by atoms with Crippen LogP contribution in [-0.2, 0) is 0 Å². The van der Waals surface area contributed by atoms with E-state index in [1.807, 2.05) is 0 Å². The van der Waals surface area contributed by atoms with Crippen LogP contribution in [0.4, 0.5) is 0 Å². The monoisotopic (exact) mass is 124 g/mol. The molecule has 2 atom stereocenters. The third-order valence-electron chi connectivity index (χ3n) is 2.60. The summed E-state index contributed by atoms with van der Waals surface area (Å²) in [7, 11) is 0. The largest absolute Gasteiger partial charge is 0.0848 e. The average molecular weight is 124 g/mol. The predicted octanol–water partition coefficient (Wildman–Crippen LogP) is 3.00. The van der Waals surface area contributed by atoms with Crippen molar-refractivity contribution < 1.29 is 0 Å². The van der Waals surface area contributed by atoms with Crippen LogP contribution in [-0.4, -0.2) is 0 Å². The van der Waals surface area contributed by atoms with E-state index in [2.05, 4.69) is 26.8 Å². The molecule has 0 fully saturated rings. The zero-order valence-corrected chi connectivity index (χ0v) is 6.65. The van der Waals surface area contributed by atoms with E-state index >= 15 is 0 Å². The van der Waals surface area contributed by atoms with Gasteiger partial charge in [-0.1, -0.05) is 32.4 Å². The van der Waals surface area contributed by atoms with Gasteiger partial charge in [0, 0.05) is 0 Å². The Morgan fingerprint density at radius 1 is 1.56 bits per heavy atom. The average Bonchev–Trinajstić information content (AvgIpc) is 2.15. The molecule has 1 aliphatic rings. The molecule has 0 heterocycles. The van der Waals surface area contributed by atoms with E-state index < -0.39 is 0 Å². The molecular formula is C9H16. The van der Waals surface area contributed by atoms with Crippen molar-refractivity contribution in [2.45, 2.75) is 33.6 Å². The fraction of sp³-hybridized carbons (Fsp3) is 0.778. The van der Waals surface area contributed by atoms with Crippen LogP contribution in [0, 0.1) is 11.8 Å². The molecule has 52 valence electrons. The molecule has 0 amide bonds. The van der Waals surface area contributed by atoms with Crippen LogP contribution in [0.5, 0.6) is 0 Å². The first-order valence-corrected chi connectivity index (χ1v) is 3.94. The number of hydrogen-bond donors (Lipinski definition) is 0. The van der Waals surface area contributed by atoms with E-state index in [1.165, 1.54) is 12.8 Å². The van der Waals surface area contributed by atoms with Crippen molar-refractivity contribution >= 4 is 0 Å². The van der Waals surface area contributed by atoms with Crippen molar-refractivity contribution in [1.29, 1.82) is 0 Å². The Kier molecular flexibility index (Phi) is 1.94. The summed E-state index contributed by atoms with van der Waals surface area (Å²) in [6.07, 6.45) is 4.98. The van der Waals surface area contributed by atoms with Crippen molar-refractivity contribution in [2.24, 2.45) is 11.8 Å². The summed E-state index contributed by atoms with van der Waals surface area (Å²) >= 11 is 0. The molecule has 2 unspecified atom stereocenters. The Labute approximate surface area is 58.0 Å².